The highest BCUT2D eigenvalue weighted by molar-refractivity contribution is 7.71. The van der Waals surface area contributed by atoms with E-state index in [1.54, 1.807) is 13.2 Å². The number of benzene rings is 1. The van der Waals surface area contributed by atoms with Crippen LogP contribution in [0.5, 0.6) is 0 Å². The minimum Gasteiger partial charge on any atom is -0.385 e. The van der Waals surface area contributed by atoms with Gasteiger partial charge < -0.3 is 14.3 Å². The van der Waals surface area contributed by atoms with Crippen LogP contribution in [0.1, 0.15) is 12.0 Å². The number of para-hydroxylation sites is 1. The summed E-state index contributed by atoms with van der Waals surface area (Å²) < 4.78 is 7.68. The van der Waals surface area contributed by atoms with Gasteiger partial charge in [0, 0.05) is 20.3 Å². The number of nitrogens with one attached hydrogen (secondary N) is 1. The normalized spacial score (nSPS) is 10.6. The molecule has 0 aliphatic rings. The molecule has 1 heterocycles. The number of imidazole rings is 1. The van der Waals surface area contributed by atoms with Crippen molar-refractivity contribution in [3.8, 4) is 6.07 Å². The molecule has 5 heteroatoms. The number of aryl methyl sites for hydroxylation is 1. The number of hydrogen-bond acceptors (Lipinski definition) is 3. The number of nitrogens with zero attached hydrogens (tertiary/aromatic N) is 2. The second kappa shape index (κ2) is 5.13. The lowest BCUT2D eigenvalue weighted by Gasteiger charge is -2.03. The van der Waals surface area contributed by atoms with Crippen LogP contribution in [0.4, 0.5) is 0 Å². The monoisotopic (exact) mass is 247 g/mol. The third-order valence-corrected chi connectivity index (χ3v) is 2.98. The number of H-pyrrole nitrogens is 1. The van der Waals surface area contributed by atoms with E-state index in [0.717, 1.165) is 24.0 Å². The summed E-state index contributed by atoms with van der Waals surface area (Å²) in [6.45, 7) is 1.49. The first kappa shape index (κ1) is 11.8. The molecule has 0 aliphatic carbocycles. The molecule has 4 nitrogen and oxygen atoms in total. The zero-order valence-electron chi connectivity index (χ0n) is 9.56. The zero-order valence-corrected chi connectivity index (χ0v) is 10.4. The number of aromatic amines is 1. The van der Waals surface area contributed by atoms with Crippen molar-refractivity contribution in [2.24, 2.45) is 0 Å². The molecule has 0 saturated carbocycles. The van der Waals surface area contributed by atoms with Crippen LogP contribution in [0.2, 0.25) is 0 Å². The number of hydrogen-bond donors (Lipinski definition) is 1. The maximum atomic E-state index is 9.02. The fraction of sp³-hybridized carbons (Fsp3) is 0.333. The summed E-state index contributed by atoms with van der Waals surface area (Å²) in [5.74, 6) is 0. The minimum atomic E-state index is 0.624. The predicted molar refractivity (Wildman–Crippen MR) is 68.3 cm³/mol. The Balaban J connectivity index is 2.46. The van der Waals surface area contributed by atoms with E-state index in [2.05, 4.69) is 11.1 Å². The van der Waals surface area contributed by atoms with E-state index in [9.17, 15) is 0 Å². The molecular formula is C12H13N3OS. The first-order valence-electron chi connectivity index (χ1n) is 5.38. The van der Waals surface area contributed by atoms with Gasteiger partial charge in [-0.05, 0) is 30.8 Å². The van der Waals surface area contributed by atoms with Crippen LogP contribution >= 0.6 is 12.2 Å². The molecule has 17 heavy (non-hydrogen) atoms. The second-order valence-corrected chi connectivity index (χ2v) is 4.13. The standard InChI is InChI=1S/C12H13N3OS/c1-16-7-3-6-15-10-5-2-4-9(8-13)11(10)14-12(15)17/h2,4-5H,3,6-7H2,1H3,(H,14,17). The Hall–Kier alpha value is -1.64. The Labute approximate surface area is 104 Å². The minimum absolute atomic E-state index is 0.624. The number of ether oxygens (including phenoxy) is 1. The summed E-state index contributed by atoms with van der Waals surface area (Å²) in [4.78, 5) is 3.09. The summed E-state index contributed by atoms with van der Waals surface area (Å²) in [5, 5.41) is 9.02. The summed E-state index contributed by atoms with van der Waals surface area (Å²) in [5.41, 5.74) is 2.42. The summed E-state index contributed by atoms with van der Waals surface area (Å²) in [7, 11) is 1.68. The van der Waals surface area contributed by atoms with Crippen molar-refractivity contribution < 1.29 is 4.74 Å². The van der Waals surface area contributed by atoms with E-state index in [0.29, 0.717) is 16.9 Å². The first-order chi connectivity index (χ1) is 8.27. The van der Waals surface area contributed by atoms with Crippen LogP contribution in [-0.2, 0) is 11.3 Å². The Morgan fingerprint density at radius 1 is 1.53 bits per heavy atom. The van der Waals surface area contributed by atoms with Crippen LogP contribution in [0.15, 0.2) is 18.2 Å². The van der Waals surface area contributed by atoms with E-state index >= 15 is 0 Å². The van der Waals surface area contributed by atoms with Crippen molar-refractivity contribution in [1.29, 1.82) is 5.26 Å². The smallest absolute Gasteiger partial charge is 0.178 e. The third-order valence-electron chi connectivity index (χ3n) is 2.66. The van der Waals surface area contributed by atoms with Crippen LogP contribution in [-0.4, -0.2) is 23.3 Å². The fourth-order valence-corrected chi connectivity index (χ4v) is 2.15. The Bertz CT molecular complexity index is 621. The highest BCUT2D eigenvalue weighted by Gasteiger charge is 2.07. The topological polar surface area (TPSA) is 53.7 Å². The van der Waals surface area contributed by atoms with Gasteiger partial charge in [0.25, 0.3) is 0 Å². The maximum absolute atomic E-state index is 9.02. The van der Waals surface area contributed by atoms with E-state index in [4.69, 9.17) is 22.2 Å². The average Bonchev–Trinajstić information content (AvgIpc) is 2.66. The summed E-state index contributed by atoms with van der Waals surface area (Å²) in [6, 6.07) is 7.79. The van der Waals surface area contributed by atoms with Gasteiger partial charge in [-0.2, -0.15) is 5.26 Å². The van der Waals surface area contributed by atoms with Crippen molar-refractivity contribution >= 4 is 23.3 Å². The zero-order chi connectivity index (χ0) is 12.3. The lowest BCUT2D eigenvalue weighted by molar-refractivity contribution is 0.190. The van der Waals surface area contributed by atoms with Gasteiger partial charge in [-0.25, -0.2) is 0 Å². The molecule has 1 N–H and O–H groups in total. The van der Waals surface area contributed by atoms with Gasteiger partial charge in [-0.1, -0.05) is 6.07 Å². The van der Waals surface area contributed by atoms with E-state index in [1.807, 2.05) is 16.7 Å². The lowest BCUT2D eigenvalue weighted by atomic mass is 10.2. The Morgan fingerprint density at radius 3 is 3.06 bits per heavy atom. The van der Waals surface area contributed by atoms with Gasteiger partial charge in [0.15, 0.2) is 4.77 Å². The Kier molecular flexibility index (Phi) is 3.57. The van der Waals surface area contributed by atoms with E-state index in [1.165, 1.54) is 0 Å². The molecule has 0 amide bonds. The average molecular weight is 247 g/mol. The van der Waals surface area contributed by atoms with Gasteiger partial charge >= 0.3 is 0 Å². The largest absolute Gasteiger partial charge is 0.385 e. The molecule has 0 spiro atoms. The number of fused-ring (bicyclic) bond motifs is 1. The second-order valence-electron chi connectivity index (χ2n) is 3.74. The first-order valence-corrected chi connectivity index (χ1v) is 5.79. The number of nitriles is 1. The third kappa shape index (κ3) is 2.23. The van der Waals surface area contributed by atoms with E-state index < -0.39 is 0 Å². The highest BCUT2D eigenvalue weighted by atomic mass is 32.1. The van der Waals surface area contributed by atoms with Crippen molar-refractivity contribution in [3.05, 3.63) is 28.5 Å². The molecule has 0 fully saturated rings. The van der Waals surface area contributed by atoms with Crippen LogP contribution < -0.4 is 0 Å². The SMILES string of the molecule is COCCCn1c(=S)[nH]c2c(C#N)cccc21. The van der Waals surface area contributed by atoms with Crippen LogP contribution in [0.25, 0.3) is 11.0 Å². The molecule has 0 atom stereocenters. The molecule has 1 aromatic carbocycles. The van der Waals surface area contributed by atoms with Gasteiger partial charge in [0.2, 0.25) is 0 Å². The van der Waals surface area contributed by atoms with Crippen molar-refractivity contribution in [3.63, 3.8) is 0 Å². The van der Waals surface area contributed by atoms with Gasteiger partial charge in [0.1, 0.15) is 6.07 Å². The molecule has 2 rings (SSSR count). The molecule has 0 aliphatic heterocycles. The van der Waals surface area contributed by atoms with Crippen LogP contribution in [0, 0.1) is 16.1 Å². The quantitative estimate of drug-likeness (QED) is 0.667. The highest BCUT2D eigenvalue weighted by Crippen LogP contribution is 2.18. The Morgan fingerprint density at radius 2 is 2.35 bits per heavy atom. The lowest BCUT2D eigenvalue weighted by Crippen LogP contribution is -2.01. The van der Waals surface area contributed by atoms with Gasteiger partial charge in [-0.15, -0.1) is 0 Å². The number of aromatic nitrogens is 2. The molecule has 88 valence electrons. The predicted octanol–water partition coefficient (Wildman–Crippen LogP) is 2.61. The summed E-state index contributed by atoms with van der Waals surface area (Å²) >= 11 is 5.27. The van der Waals surface area contributed by atoms with Gasteiger partial charge in [0.05, 0.1) is 16.6 Å². The maximum Gasteiger partial charge on any atom is 0.178 e. The van der Waals surface area contributed by atoms with Crippen molar-refractivity contribution in [2.75, 3.05) is 13.7 Å². The molecular weight excluding hydrogens is 234 g/mol. The molecule has 0 radical (unpaired) electrons. The van der Waals surface area contributed by atoms with Gasteiger partial charge in [-0.3, -0.25) is 0 Å². The molecule has 1 aromatic heterocycles. The number of methoxy groups -OCH3 is 1. The molecule has 0 unspecified atom stereocenters. The fourth-order valence-electron chi connectivity index (χ4n) is 1.86. The van der Waals surface area contributed by atoms with Crippen molar-refractivity contribution in [2.45, 2.75) is 13.0 Å². The molecule has 0 bridgehead atoms. The van der Waals surface area contributed by atoms with Crippen molar-refractivity contribution in [1.82, 2.24) is 9.55 Å². The molecule has 0 saturated heterocycles. The van der Waals surface area contributed by atoms with Crippen LogP contribution in [0.3, 0.4) is 0 Å². The summed E-state index contributed by atoms with van der Waals surface area (Å²) in [6.07, 6.45) is 0.897. The molecule has 2 aromatic rings. The number of rotatable bonds is 4. The van der Waals surface area contributed by atoms with E-state index in [-0.39, 0.29) is 0 Å².